The van der Waals surface area contributed by atoms with Gasteiger partial charge >= 0.3 is 0 Å². The van der Waals surface area contributed by atoms with E-state index in [1.807, 2.05) is 0 Å². The molecule has 3 nitrogen and oxygen atoms in total. The molecule has 5 unspecified atom stereocenters. The summed E-state index contributed by atoms with van der Waals surface area (Å²) in [6.07, 6.45) is 5.79. The lowest BCUT2D eigenvalue weighted by Crippen LogP contribution is -2.47. The Morgan fingerprint density at radius 3 is 2.37 bits per heavy atom. The first-order chi connectivity index (χ1) is 8.97. The Morgan fingerprint density at radius 2 is 1.79 bits per heavy atom. The van der Waals surface area contributed by atoms with Crippen LogP contribution in [0.2, 0.25) is 0 Å². The van der Waals surface area contributed by atoms with Crippen LogP contribution in [0.3, 0.4) is 0 Å². The zero-order valence-corrected chi connectivity index (χ0v) is 12.8. The van der Waals surface area contributed by atoms with E-state index in [9.17, 15) is 4.79 Å². The van der Waals surface area contributed by atoms with E-state index >= 15 is 0 Å². The molecule has 0 spiro atoms. The van der Waals surface area contributed by atoms with Crippen LogP contribution >= 0.6 is 0 Å². The van der Waals surface area contributed by atoms with Crippen LogP contribution in [0.15, 0.2) is 0 Å². The Kier molecular flexibility index (Phi) is 4.88. The zero-order valence-electron chi connectivity index (χ0n) is 12.8. The van der Waals surface area contributed by atoms with E-state index < -0.39 is 0 Å². The predicted octanol–water partition coefficient (Wildman–Crippen LogP) is 2.64. The first kappa shape index (κ1) is 14.8. The number of amides is 1. The van der Waals surface area contributed by atoms with Gasteiger partial charge in [0.2, 0.25) is 5.91 Å². The molecule has 1 saturated carbocycles. The maximum absolute atomic E-state index is 12.7. The minimum absolute atomic E-state index is 0.156. The molecule has 19 heavy (non-hydrogen) atoms. The van der Waals surface area contributed by atoms with Crippen molar-refractivity contribution in [1.82, 2.24) is 4.90 Å². The first-order valence-corrected chi connectivity index (χ1v) is 8.01. The van der Waals surface area contributed by atoms with E-state index in [1.165, 1.54) is 19.3 Å². The van der Waals surface area contributed by atoms with E-state index in [0.29, 0.717) is 29.7 Å². The monoisotopic (exact) mass is 266 g/mol. The molecular formula is C16H30N2O. The number of carbonyl (C=O) groups is 1. The molecule has 0 aromatic rings. The van der Waals surface area contributed by atoms with Crippen LogP contribution in [0.5, 0.6) is 0 Å². The standard InChI is InChI=1S/C16H30N2O/c1-11-7-12(2)10-18(9-11)16(19)13(3)14-5-4-6-15(17)8-14/h11-15H,4-10,17H2,1-3H3. The smallest absolute Gasteiger partial charge is 0.225 e. The van der Waals surface area contributed by atoms with Gasteiger partial charge in [-0.2, -0.15) is 0 Å². The number of nitrogens with zero attached hydrogens (tertiary/aromatic N) is 1. The van der Waals surface area contributed by atoms with Gasteiger partial charge in [0.25, 0.3) is 0 Å². The molecular weight excluding hydrogens is 236 g/mol. The second kappa shape index (κ2) is 6.25. The normalized spacial score (nSPS) is 38.0. The summed E-state index contributed by atoms with van der Waals surface area (Å²) in [7, 11) is 0. The lowest BCUT2D eigenvalue weighted by molar-refractivity contribution is -0.140. The van der Waals surface area contributed by atoms with E-state index in [0.717, 1.165) is 25.9 Å². The molecule has 1 heterocycles. The fourth-order valence-corrected chi connectivity index (χ4v) is 4.05. The highest BCUT2D eigenvalue weighted by Gasteiger charge is 2.33. The molecule has 110 valence electrons. The van der Waals surface area contributed by atoms with Crippen LogP contribution in [0.1, 0.15) is 52.9 Å². The third-order valence-corrected chi connectivity index (χ3v) is 5.03. The molecule has 1 aliphatic carbocycles. The fraction of sp³-hybridized carbons (Fsp3) is 0.938. The van der Waals surface area contributed by atoms with E-state index in [4.69, 9.17) is 5.73 Å². The largest absolute Gasteiger partial charge is 0.342 e. The lowest BCUT2D eigenvalue weighted by atomic mass is 9.78. The third-order valence-electron chi connectivity index (χ3n) is 5.03. The quantitative estimate of drug-likeness (QED) is 0.835. The summed E-state index contributed by atoms with van der Waals surface area (Å²) in [5.41, 5.74) is 6.06. The number of likely N-dealkylation sites (tertiary alicyclic amines) is 1. The fourth-order valence-electron chi connectivity index (χ4n) is 4.05. The van der Waals surface area contributed by atoms with Crippen molar-refractivity contribution in [3.05, 3.63) is 0 Å². The summed E-state index contributed by atoms with van der Waals surface area (Å²) in [5, 5.41) is 0. The van der Waals surface area contributed by atoms with Gasteiger partial charge in [0, 0.05) is 25.0 Å². The van der Waals surface area contributed by atoms with Crippen molar-refractivity contribution in [2.24, 2.45) is 29.4 Å². The summed E-state index contributed by atoms with van der Waals surface area (Å²) >= 11 is 0. The Bertz CT molecular complexity index is 308. The van der Waals surface area contributed by atoms with Crippen molar-refractivity contribution in [1.29, 1.82) is 0 Å². The molecule has 1 amide bonds. The molecule has 2 N–H and O–H groups in total. The van der Waals surface area contributed by atoms with Gasteiger partial charge in [-0.25, -0.2) is 0 Å². The highest BCUT2D eigenvalue weighted by atomic mass is 16.2. The van der Waals surface area contributed by atoms with Crippen molar-refractivity contribution in [3.8, 4) is 0 Å². The maximum Gasteiger partial charge on any atom is 0.225 e. The average Bonchev–Trinajstić information content (AvgIpc) is 2.36. The number of piperidine rings is 1. The molecule has 2 fully saturated rings. The summed E-state index contributed by atoms with van der Waals surface area (Å²) in [6, 6.07) is 0.313. The molecule has 0 aromatic heterocycles. The van der Waals surface area contributed by atoms with Gasteiger partial charge in [0.1, 0.15) is 0 Å². The third kappa shape index (κ3) is 3.71. The Morgan fingerprint density at radius 1 is 1.16 bits per heavy atom. The second-order valence-corrected chi connectivity index (χ2v) is 7.16. The SMILES string of the molecule is CC1CC(C)CN(C(=O)C(C)C2CCCC(N)C2)C1. The van der Waals surface area contributed by atoms with Gasteiger partial charge in [-0.05, 0) is 43.4 Å². The summed E-state index contributed by atoms with van der Waals surface area (Å²) in [5.74, 6) is 2.33. The number of rotatable bonds is 2. The van der Waals surface area contributed by atoms with Crippen LogP contribution in [-0.2, 0) is 4.79 Å². The van der Waals surface area contributed by atoms with Gasteiger partial charge in [0.15, 0.2) is 0 Å². The molecule has 3 heteroatoms. The molecule has 1 aliphatic heterocycles. The molecule has 0 radical (unpaired) electrons. The van der Waals surface area contributed by atoms with Gasteiger partial charge in [-0.15, -0.1) is 0 Å². The van der Waals surface area contributed by atoms with Crippen LogP contribution in [0, 0.1) is 23.7 Å². The Balaban J connectivity index is 1.94. The maximum atomic E-state index is 12.7. The number of hydrogen-bond donors (Lipinski definition) is 1. The predicted molar refractivity (Wildman–Crippen MR) is 78.6 cm³/mol. The van der Waals surface area contributed by atoms with Crippen molar-refractivity contribution in [2.75, 3.05) is 13.1 Å². The van der Waals surface area contributed by atoms with Crippen molar-refractivity contribution < 1.29 is 4.79 Å². The number of carbonyl (C=O) groups excluding carboxylic acids is 1. The first-order valence-electron chi connectivity index (χ1n) is 8.01. The average molecular weight is 266 g/mol. The minimum atomic E-state index is 0.156. The molecule has 5 atom stereocenters. The van der Waals surface area contributed by atoms with Crippen LogP contribution in [-0.4, -0.2) is 29.9 Å². The van der Waals surface area contributed by atoms with Gasteiger partial charge in [-0.3, -0.25) is 4.79 Å². The number of nitrogens with two attached hydrogens (primary N) is 1. The van der Waals surface area contributed by atoms with Crippen molar-refractivity contribution in [3.63, 3.8) is 0 Å². The van der Waals surface area contributed by atoms with Gasteiger partial charge in [0.05, 0.1) is 0 Å². The van der Waals surface area contributed by atoms with E-state index in [1.54, 1.807) is 0 Å². The highest BCUT2D eigenvalue weighted by molar-refractivity contribution is 5.79. The minimum Gasteiger partial charge on any atom is -0.342 e. The highest BCUT2D eigenvalue weighted by Crippen LogP contribution is 2.32. The molecule has 1 saturated heterocycles. The topological polar surface area (TPSA) is 46.3 Å². The van der Waals surface area contributed by atoms with Crippen molar-refractivity contribution >= 4 is 5.91 Å². The van der Waals surface area contributed by atoms with E-state index in [2.05, 4.69) is 25.7 Å². The van der Waals surface area contributed by atoms with Crippen molar-refractivity contribution in [2.45, 2.75) is 58.9 Å². The lowest BCUT2D eigenvalue weighted by Gasteiger charge is -2.39. The summed E-state index contributed by atoms with van der Waals surface area (Å²) in [4.78, 5) is 14.8. The molecule has 0 aromatic carbocycles. The van der Waals surface area contributed by atoms with Gasteiger partial charge < -0.3 is 10.6 Å². The van der Waals surface area contributed by atoms with Crippen LogP contribution < -0.4 is 5.73 Å². The molecule has 2 rings (SSSR count). The Labute approximate surface area is 117 Å². The summed E-state index contributed by atoms with van der Waals surface area (Å²) < 4.78 is 0. The Hall–Kier alpha value is -0.570. The van der Waals surface area contributed by atoms with Crippen LogP contribution in [0.4, 0.5) is 0 Å². The zero-order chi connectivity index (χ0) is 14.0. The molecule has 0 bridgehead atoms. The molecule has 2 aliphatic rings. The number of hydrogen-bond acceptors (Lipinski definition) is 2. The van der Waals surface area contributed by atoms with Gasteiger partial charge in [-0.1, -0.05) is 27.2 Å². The van der Waals surface area contributed by atoms with Crippen LogP contribution in [0.25, 0.3) is 0 Å². The second-order valence-electron chi connectivity index (χ2n) is 7.16. The summed E-state index contributed by atoms with van der Waals surface area (Å²) in [6.45, 7) is 8.54. The van der Waals surface area contributed by atoms with E-state index in [-0.39, 0.29) is 5.92 Å².